The topological polar surface area (TPSA) is 48.5 Å². The Morgan fingerprint density at radius 3 is 1.45 bits per heavy atom. The van der Waals surface area contributed by atoms with Crippen LogP contribution in [-0.2, 0) is 0 Å². The normalized spacial score (nSPS) is 11.5. The lowest BCUT2D eigenvalue weighted by molar-refractivity contribution is 0.954. The van der Waals surface area contributed by atoms with Crippen molar-refractivity contribution in [1.82, 2.24) is 24.1 Å². The summed E-state index contributed by atoms with van der Waals surface area (Å²) in [5.41, 5.74) is 14.0. The first-order valence-corrected chi connectivity index (χ1v) is 21.0. The van der Waals surface area contributed by atoms with E-state index >= 15 is 0 Å². The molecule has 0 spiro atoms. The van der Waals surface area contributed by atoms with Crippen LogP contribution in [0.1, 0.15) is 0 Å². The Kier molecular flexibility index (Phi) is 8.42. The minimum absolute atomic E-state index is 0.548. The largest absolute Gasteiger partial charge is 0.309 e. The van der Waals surface area contributed by atoms with E-state index in [2.05, 4.69) is 221 Å². The van der Waals surface area contributed by atoms with Gasteiger partial charge in [-0.2, -0.15) is 9.97 Å². The molecule has 0 N–H and O–H groups in total. The molecule has 0 fully saturated rings. The number of aromatic nitrogens is 5. The van der Waals surface area contributed by atoms with Crippen LogP contribution in [0.3, 0.4) is 0 Å². The van der Waals surface area contributed by atoms with Crippen LogP contribution in [-0.4, -0.2) is 24.1 Å². The highest BCUT2D eigenvalue weighted by molar-refractivity contribution is 6.29. The molecule has 0 saturated heterocycles. The van der Waals surface area contributed by atoms with Crippen LogP contribution in [0, 0.1) is 0 Å². The monoisotopic (exact) mass is 791 g/mol. The highest BCUT2D eigenvalue weighted by atomic mass is 15.2. The number of para-hydroxylation sites is 3. The van der Waals surface area contributed by atoms with Crippen molar-refractivity contribution in [2.24, 2.45) is 0 Å². The molecule has 12 rings (SSSR count). The minimum Gasteiger partial charge on any atom is -0.309 e. The highest BCUT2D eigenvalue weighted by Gasteiger charge is 2.26. The van der Waals surface area contributed by atoms with Gasteiger partial charge in [0.15, 0.2) is 11.6 Å². The second kappa shape index (κ2) is 14.7. The Bertz CT molecular complexity index is 3590. The van der Waals surface area contributed by atoms with E-state index in [-0.39, 0.29) is 0 Å². The van der Waals surface area contributed by atoms with E-state index < -0.39 is 0 Å². The van der Waals surface area contributed by atoms with Gasteiger partial charge < -0.3 is 4.57 Å². The van der Waals surface area contributed by atoms with Gasteiger partial charge in [0.05, 0.1) is 22.1 Å². The molecular formula is C57H37N5. The summed E-state index contributed by atoms with van der Waals surface area (Å²) in [7, 11) is 0. The van der Waals surface area contributed by atoms with Gasteiger partial charge in [-0.05, 0) is 64.2 Å². The molecule has 0 saturated carbocycles. The van der Waals surface area contributed by atoms with Gasteiger partial charge in [-0.15, -0.1) is 0 Å². The SMILES string of the molecule is c1ccc(-c2ccc(-c3nc(-c4cccc(-c5ccccc5)c4)nc(-n4c5ccccc5c5c4c(-c4ccccc4)cc4c6ccccc6n(-c6ccccc6)c45)n3)cc2)cc1. The summed E-state index contributed by atoms with van der Waals surface area (Å²) in [6, 6.07) is 79.1. The number of benzene rings is 9. The molecule has 3 heterocycles. The zero-order chi connectivity index (χ0) is 41.0. The van der Waals surface area contributed by atoms with Crippen molar-refractivity contribution in [3.05, 3.63) is 224 Å². The Morgan fingerprint density at radius 2 is 0.774 bits per heavy atom. The Balaban J connectivity index is 1.20. The predicted octanol–water partition coefficient (Wildman–Crippen LogP) is 14.4. The molecule has 0 amide bonds. The maximum absolute atomic E-state index is 5.44. The maximum atomic E-state index is 5.44. The van der Waals surface area contributed by atoms with Crippen molar-refractivity contribution >= 4 is 43.6 Å². The molecule has 0 radical (unpaired) electrons. The number of fused-ring (bicyclic) bond motifs is 7. The zero-order valence-electron chi connectivity index (χ0n) is 33.6. The lowest BCUT2D eigenvalue weighted by Gasteiger charge is -2.15. The fraction of sp³-hybridized carbons (Fsp3) is 0. The summed E-state index contributed by atoms with van der Waals surface area (Å²) in [6.45, 7) is 0. The highest BCUT2D eigenvalue weighted by Crippen LogP contribution is 2.46. The van der Waals surface area contributed by atoms with Crippen LogP contribution in [0.5, 0.6) is 0 Å². The smallest absolute Gasteiger partial charge is 0.238 e. The third-order valence-electron chi connectivity index (χ3n) is 12.0. The molecule has 12 aromatic rings. The van der Waals surface area contributed by atoms with E-state index in [1.807, 2.05) is 12.1 Å². The first-order chi connectivity index (χ1) is 30.8. The second-order valence-corrected chi connectivity index (χ2v) is 15.6. The van der Waals surface area contributed by atoms with Gasteiger partial charge in [0, 0.05) is 43.9 Å². The van der Waals surface area contributed by atoms with E-state index in [9.17, 15) is 0 Å². The molecule has 0 bridgehead atoms. The average Bonchev–Trinajstić information content (AvgIpc) is 3.88. The van der Waals surface area contributed by atoms with Gasteiger partial charge in [0.2, 0.25) is 5.95 Å². The molecule has 9 aromatic carbocycles. The molecule has 0 aliphatic rings. The molecule has 5 nitrogen and oxygen atoms in total. The van der Waals surface area contributed by atoms with Crippen LogP contribution in [0.25, 0.3) is 111 Å². The lowest BCUT2D eigenvalue weighted by atomic mass is 9.98. The zero-order valence-corrected chi connectivity index (χ0v) is 33.6. The molecule has 3 aromatic heterocycles. The number of rotatable bonds is 7. The van der Waals surface area contributed by atoms with Crippen molar-refractivity contribution < 1.29 is 0 Å². The fourth-order valence-corrected chi connectivity index (χ4v) is 9.13. The van der Waals surface area contributed by atoms with Gasteiger partial charge in [0.25, 0.3) is 0 Å². The van der Waals surface area contributed by atoms with E-state index in [0.29, 0.717) is 17.6 Å². The number of hydrogen-bond acceptors (Lipinski definition) is 3. The second-order valence-electron chi connectivity index (χ2n) is 15.6. The van der Waals surface area contributed by atoms with Crippen molar-refractivity contribution in [1.29, 1.82) is 0 Å². The van der Waals surface area contributed by atoms with Crippen LogP contribution < -0.4 is 0 Å². The summed E-state index contributed by atoms with van der Waals surface area (Å²) in [5.74, 6) is 1.75. The molecule has 290 valence electrons. The molecule has 62 heavy (non-hydrogen) atoms. The molecule has 0 aliphatic carbocycles. The molecule has 0 aliphatic heterocycles. The van der Waals surface area contributed by atoms with E-state index in [1.165, 1.54) is 10.8 Å². The van der Waals surface area contributed by atoms with E-state index in [4.69, 9.17) is 15.0 Å². The molecule has 0 atom stereocenters. The Labute approximate surface area is 358 Å². The Hall–Kier alpha value is -8.41. The van der Waals surface area contributed by atoms with Gasteiger partial charge in [-0.25, -0.2) is 4.98 Å². The van der Waals surface area contributed by atoms with Crippen LogP contribution in [0.2, 0.25) is 0 Å². The summed E-state index contributed by atoms with van der Waals surface area (Å²) in [6.07, 6.45) is 0. The van der Waals surface area contributed by atoms with Gasteiger partial charge in [-0.1, -0.05) is 188 Å². The molecule has 0 unspecified atom stereocenters. The third-order valence-corrected chi connectivity index (χ3v) is 12.0. The predicted molar refractivity (Wildman–Crippen MR) is 256 cm³/mol. The number of hydrogen-bond donors (Lipinski definition) is 0. The number of nitrogens with zero attached hydrogens (tertiary/aromatic N) is 5. The summed E-state index contributed by atoms with van der Waals surface area (Å²) < 4.78 is 4.69. The van der Waals surface area contributed by atoms with Crippen LogP contribution >= 0.6 is 0 Å². The average molecular weight is 792 g/mol. The van der Waals surface area contributed by atoms with Crippen LogP contribution in [0.4, 0.5) is 0 Å². The standard InChI is InChI=1S/C57H37N5/c1-5-18-38(19-6-1)40-32-34-42(35-33-40)55-58-56(44-25-17-24-43(36-44)39-20-7-2-8-21-39)60-57(59-55)62-51-31-16-14-29-47(51)52-53(62)48(41-22-9-3-10-23-41)37-49-46-28-13-15-30-50(46)61(54(49)52)45-26-11-4-12-27-45/h1-37H. The van der Waals surface area contributed by atoms with Gasteiger partial charge >= 0.3 is 0 Å². The van der Waals surface area contributed by atoms with E-state index in [0.717, 1.165) is 83.0 Å². The summed E-state index contributed by atoms with van der Waals surface area (Å²) in [5, 5.41) is 4.64. The fourth-order valence-electron chi connectivity index (χ4n) is 9.13. The first kappa shape index (κ1) is 35.5. The lowest BCUT2D eigenvalue weighted by Crippen LogP contribution is -2.07. The van der Waals surface area contributed by atoms with Crippen molar-refractivity contribution in [2.45, 2.75) is 0 Å². The maximum Gasteiger partial charge on any atom is 0.238 e. The summed E-state index contributed by atoms with van der Waals surface area (Å²) >= 11 is 0. The van der Waals surface area contributed by atoms with Gasteiger partial charge in [-0.3, -0.25) is 4.57 Å². The Morgan fingerprint density at radius 1 is 0.290 bits per heavy atom. The van der Waals surface area contributed by atoms with Gasteiger partial charge in [0.1, 0.15) is 0 Å². The first-order valence-electron chi connectivity index (χ1n) is 21.0. The molecule has 5 heteroatoms. The third kappa shape index (κ3) is 5.90. The summed E-state index contributed by atoms with van der Waals surface area (Å²) in [4.78, 5) is 16.1. The van der Waals surface area contributed by atoms with Crippen molar-refractivity contribution in [3.63, 3.8) is 0 Å². The molecular weight excluding hydrogens is 755 g/mol. The quantitative estimate of drug-likeness (QED) is 0.162. The van der Waals surface area contributed by atoms with Crippen molar-refractivity contribution in [3.8, 4) is 67.8 Å². The van der Waals surface area contributed by atoms with E-state index in [1.54, 1.807) is 0 Å². The minimum atomic E-state index is 0.548. The van der Waals surface area contributed by atoms with Crippen molar-refractivity contribution in [2.75, 3.05) is 0 Å². The van der Waals surface area contributed by atoms with Crippen LogP contribution in [0.15, 0.2) is 224 Å².